The molecule has 0 saturated heterocycles. The third-order valence-corrected chi connectivity index (χ3v) is 5.22. The Morgan fingerprint density at radius 2 is 1.90 bits per heavy atom. The molecule has 0 fully saturated rings. The van der Waals surface area contributed by atoms with E-state index >= 15 is 0 Å². The van der Waals surface area contributed by atoms with Crippen LogP contribution in [-0.2, 0) is 0 Å². The smallest absolute Gasteiger partial charge is 0.337 e. The van der Waals surface area contributed by atoms with Gasteiger partial charge in [0.2, 0.25) is 0 Å². The summed E-state index contributed by atoms with van der Waals surface area (Å²) in [4.78, 5) is 28.3. The van der Waals surface area contributed by atoms with Gasteiger partial charge >= 0.3 is 5.97 Å². The Bertz CT molecular complexity index is 1100. The van der Waals surface area contributed by atoms with Crippen LogP contribution in [0, 0.1) is 5.92 Å². The molecule has 0 aliphatic heterocycles. The van der Waals surface area contributed by atoms with Crippen molar-refractivity contribution in [1.29, 1.82) is 0 Å². The molecule has 0 spiro atoms. The molecular formula is C24H22N2O3S. The number of aromatic carboxylic acids is 1. The number of allylic oxidation sites excluding steroid dienone is 10. The number of carboxylic acids is 1. The molecule has 1 amide bonds. The van der Waals surface area contributed by atoms with Crippen molar-refractivity contribution in [2.45, 2.75) is 13.8 Å². The minimum atomic E-state index is -1.10. The minimum absolute atomic E-state index is 0.0378. The van der Waals surface area contributed by atoms with Crippen molar-refractivity contribution in [3.8, 4) is 0 Å². The fraction of sp³-hybridized carbons (Fsp3) is 0.125. The van der Waals surface area contributed by atoms with Gasteiger partial charge in [0.1, 0.15) is 10.7 Å². The van der Waals surface area contributed by atoms with Crippen LogP contribution in [0.1, 0.15) is 39.7 Å². The zero-order valence-electron chi connectivity index (χ0n) is 16.7. The number of anilines is 1. The average molecular weight is 419 g/mol. The number of aromatic nitrogens is 1. The Hall–Kier alpha value is -3.51. The topological polar surface area (TPSA) is 79.3 Å². The molecule has 152 valence electrons. The van der Waals surface area contributed by atoms with Crippen molar-refractivity contribution < 1.29 is 14.7 Å². The SMILES string of the molecule is CC.O=C(Nc1ccccc1C(=O)O)c1csc(C2=CC3=CC(C=CC=C3)C=C2)n1. The maximum atomic E-state index is 12.6. The van der Waals surface area contributed by atoms with E-state index in [1.54, 1.807) is 23.6 Å². The van der Waals surface area contributed by atoms with Gasteiger partial charge in [-0.15, -0.1) is 11.3 Å². The molecule has 1 atom stereocenters. The quantitative estimate of drug-likeness (QED) is 0.663. The zero-order chi connectivity index (χ0) is 21.5. The molecule has 0 saturated carbocycles. The number of para-hydroxylation sites is 1. The summed E-state index contributed by atoms with van der Waals surface area (Å²) in [6.45, 7) is 4.00. The van der Waals surface area contributed by atoms with Gasteiger partial charge in [0.05, 0.1) is 11.3 Å². The number of hydrogen-bond acceptors (Lipinski definition) is 4. The van der Waals surface area contributed by atoms with Crippen molar-refractivity contribution >= 4 is 34.5 Å². The van der Waals surface area contributed by atoms with Crippen LogP contribution in [0.5, 0.6) is 0 Å². The molecule has 0 radical (unpaired) electrons. The predicted molar refractivity (Wildman–Crippen MR) is 122 cm³/mol. The van der Waals surface area contributed by atoms with E-state index < -0.39 is 11.9 Å². The van der Waals surface area contributed by atoms with E-state index in [1.165, 1.54) is 17.4 Å². The second kappa shape index (κ2) is 9.80. The Morgan fingerprint density at radius 3 is 2.70 bits per heavy atom. The maximum absolute atomic E-state index is 12.6. The zero-order valence-corrected chi connectivity index (χ0v) is 17.5. The van der Waals surface area contributed by atoms with Crippen LogP contribution >= 0.6 is 11.3 Å². The molecule has 1 heterocycles. The third kappa shape index (κ3) is 4.90. The number of benzene rings is 1. The van der Waals surface area contributed by atoms with E-state index in [2.05, 4.69) is 28.5 Å². The number of carboxylic acid groups (broad SMARTS) is 1. The first-order chi connectivity index (χ1) is 14.6. The number of thiazole rings is 1. The van der Waals surface area contributed by atoms with Gasteiger partial charge in [0.25, 0.3) is 5.91 Å². The summed E-state index contributed by atoms with van der Waals surface area (Å²) >= 11 is 1.38. The van der Waals surface area contributed by atoms with Crippen molar-refractivity contribution in [3.63, 3.8) is 0 Å². The molecule has 2 bridgehead atoms. The molecule has 5 nitrogen and oxygen atoms in total. The lowest BCUT2D eigenvalue weighted by atomic mass is 10.1. The number of nitrogens with zero attached hydrogens (tertiary/aromatic N) is 1. The number of hydrogen-bond donors (Lipinski definition) is 2. The highest BCUT2D eigenvalue weighted by Gasteiger charge is 2.17. The molecule has 1 aromatic carbocycles. The van der Waals surface area contributed by atoms with Gasteiger partial charge in [-0.25, -0.2) is 9.78 Å². The predicted octanol–water partition coefficient (Wildman–Crippen LogP) is 5.74. The Morgan fingerprint density at radius 1 is 1.10 bits per heavy atom. The number of fused-ring (bicyclic) bond motifs is 1. The molecule has 30 heavy (non-hydrogen) atoms. The Kier molecular flexibility index (Phi) is 6.93. The standard InChI is InChI=1S/C22H16N2O3S.C2H6/c25-20(23-18-8-4-3-7-17(18)22(26)27)19-13-28-21(24-19)16-10-9-14-5-1-2-6-15(11-14)12-16;1-2/h1-14H,(H,23,25)(H,26,27);1-2H3. The summed E-state index contributed by atoms with van der Waals surface area (Å²) in [5, 5.41) is 14.3. The summed E-state index contributed by atoms with van der Waals surface area (Å²) in [6, 6.07) is 6.29. The molecule has 4 rings (SSSR count). The van der Waals surface area contributed by atoms with Gasteiger partial charge in [0, 0.05) is 16.9 Å². The first kappa shape index (κ1) is 21.2. The Balaban J connectivity index is 0.00000124. The highest BCUT2D eigenvalue weighted by Crippen LogP contribution is 2.28. The first-order valence-electron chi connectivity index (χ1n) is 9.66. The third-order valence-electron chi connectivity index (χ3n) is 4.33. The van der Waals surface area contributed by atoms with Crippen LogP contribution in [0.25, 0.3) is 5.57 Å². The van der Waals surface area contributed by atoms with Gasteiger partial charge in [-0.05, 0) is 23.8 Å². The van der Waals surface area contributed by atoms with E-state index in [4.69, 9.17) is 0 Å². The van der Waals surface area contributed by atoms with Crippen LogP contribution in [0.4, 0.5) is 5.69 Å². The molecule has 1 aromatic heterocycles. The van der Waals surface area contributed by atoms with Crippen molar-refractivity contribution in [2.75, 3.05) is 5.32 Å². The highest BCUT2D eigenvalue weighted by molar-refractivity contribution is 7.11. The average Bonchev–Trinajstić information content (AvgIpc) is 3.03. The largest absolute Gasteiger partial charge is 0.478 e. The number of carbonyl (C=O) groups is 2. The molecular weight excluding hydrogens is 396 g/mol. The summed E-state index contributed by atoms with van der Waals surface area (Å²) in [5.41, 5.74) is 2.56. The van der Waals surface area contributed by atoms with E-state index in [-0.39, 0.29) is 22.9 Å². The normalized spacial score (nSPS) is 16.4. The minimum Gasteiger partial charge on any atom is -0.478 e. The fourth-order valence-corrected chi connectivity index (χ4v) is 3.76. The first-order valence-corrected chi connectivity index (χ1v) is 10.5. The van der Waals surface area contributed by atoms with E-state index in [0.29, 0.717) is 0 Å². The van der Waals surface area contributed by atoms with E-state index in [9.17, 15) is 14.7 Å². The number of rotatable bonds is 4. The van der Waals surface area contributed by atoms with Gasteiger partial charge in [-0.3, -0.25) is 4.79 Å². The molecule has 2 aliphatic carbocycles. The lowest BCUT2D eigenvalue weighted by molar-refractivity contribution is 0.0698. The second-order valence-corrected chi connectivity index (χ2v) is 7.15. The molecule has 2 aliphatic rings. The van der Waals surface area contributed by atoms with Crippen LogP contribution < -0.4 is 5.32 Å². The maximum Gasteiger partial charge on any atom is 0.337 e. The van der Waals surface area contributed by atoms with Gasteiger partial charge in [-0.1, -0.05) is 68.5 Å². The number of nitrogens with one attached hydrogen (secondary N) is 1. The van der Waals surface area contributed by atoms with Crippen LogP contribution in [0.2, 0.25) is 0 Å². The molecule has 2 N–H and O–H groups in total. The van der Waals surface area contributed by atoms with Gasteiger partial charge in [0.15, 0.2) is 0 Å². The molecule has 1 unspecified atom stereocenters. The van der Waals surface area contributed by atoms with Crippen molar-refractivity contribution in [2.24, 2.45) is 5.92 Å². The summed E-state index contributed by atoms with van der Waals surface area (Å²) < 4.78 is 0. The Labute approximate surface area is 179 Å². The van der Waals surface area contributed by atoms with Crippen molar-refractivity contribution in [3.05, 3.63) is 100 Å². The van der Waals surface area contributed by atoms with E-state index in [1.807, 2.05) is 44.2 Å². The van der Waals surface area contributed by atoms with Gasteiger partial charge < -0.3 is 10.4 Å². The lowest BCUT2D eigenvalue weighted by Crippen LogP contribution is -2.15. The molecule has 6 heteroatoms. The lowest BCUT2D eigenvalue weighted by Gasteiger charge is -2.06. The summed E-state index contributed by atoms with van der Waals surface area (Å²) in [6.07, 6.45) is 16.5. The summed E-state index contributed by atoms with van der Waals surface area (Å²) in [5.74, 6) is -1.30. The highest BCUT2D eigenvalue weighted by atomic mass is 32.1. The molecule has 2 aromatic rings. The van der Waals surface area contributed by atoms with Crippen LogP contribution in [0.15, 0.2) is 83.8 Å². The number of carbonyl (C=O) groups excluding carboxylic acids is 1. The monoisotopic (exact) mass is 418 g/mol. The van der Waals surface area contributed by atoms with Crippen LogP contribution in [-0.4, -0.2) is 22.0 Å². The van der Waals surface area contributed by atoms with Crippen molar-refractivity contribution in [1.82, 2.24) is 4.98 Å². The fourth-order valence-electron chi connectivity index (χ4n) is 2.96. The van der Waals surface area contributed by atoms with Crippen LogP contribution in [0.3, 0.4) is 0 Å². The van der Waals surface area contributed by atoms with Gasteiger partial charge in [-0.2, -0.15) is 0 Å². The number of amides is 1. The van der Waals surface area contributed by atoms with E-state index in [0.717, 1.165) is 16.2 Å². The second-order valence-electron chi connectivity index (χ2n) is 6.29. The summed E-state index contributed by atoms with van der Waals surface area (Å²) in [7, 11) is 0.